The van der Waals surface area contributed by atoms with Crippen LogP contribution in [0.3, 0.4) is 0 Å². The Hall–Kier alpha value is -3.40. The lowest BCUT2D eigenvalue weighted by Crippen LogP contribution is -1.90. The second-order valence-electron chi connectivity index (χ2n) is 6.03. The molecule has 1 aromatic heterocycles. The van der Waals surface area contributed by atoms with Gasteiger partial charge in [0.1, 0.15) is 0 Å². The standard InChI is InChI=1S/C21H16N2O2/c1-22-14-20(23(24)25)19-13-17(15-8-4-2-5-9-15)12-18(21(19)22)16-10-6-3-7-11-16/h2-14H,1H3. The Morgan fingerprint density at radius 3 is 2.04 bits per heavy atom. The fraction of sp³-hybridized carbons (Fsp3) is 0.0476. The van der Waals surface area contributed by atoms with E-state index in [-0.39, 0.29) is 10.6 Å². The van der Waals surface area contributed by atoms with Crippen molar-refractivity contribution in [2.24, 2.45) is 7.05 Å². The van der Waals surface area contributed by atoms with Gasteiger partial charge < -0.3 is 4.57 Å². The summed E-state index contributed by atoms with van der Waals surface area (Å²) in [5.74, 6) is 0. The third kappa shape index (κ3) is 2.58. The summed E-state index contributed by atoms with van der Waals surface area (Å²) in [4.78, 5) is 11.2. The van der Waals surface area contributed by atoms with Gasteiger partial charge in [0, 0.05) is 12.6 Å². The van der Waals surface area contributed by atoms with Gasteiger partial charge in [0.05, 0.1) is 22.0 Å². The molecule has 4 rings (SSSR count). The summed E-state index contributed by atoms with van der Waals surface area (Å²) >= 11 is 0. The second-order valence-corrected chi connectivity index (χ2v) is 6.03. The van der Waals surface area contributed by atoms with Crippen LogP contribution < -0.4 is 0 Å². The highest BCUT2D eigenvalue weighted by Gasteiger charge is 2.20. The SMILES string of the molecule is Cn1cc([N+](=O)[O-])c2cc(-c3ccccc3)cc(-c3ccccc3)c21. The minimum atomic E-state index is -0.314. The van der Waals surface area contributed by atoms with Crippen molar-refractivity contribution in [2.45, 2.75) is 0 Å². The molecule has 0 aliphatic heterocycles. The van der Waals surface area contributed by atoms with E-state index in [2.05, 4.69) is 6.07 Å². The van der Waals surface area contributed by atoms with E-state index >= 15 is 0 Å². The minimum Gasteiger partial charge on any atom is -0.344 e. The van der Waals surface area contributed by atoms with E-state index in [1.165, 1.54) is 0 Å². The average Bonchev–Trinajstić information content (AvgIpc) is 3.00. The Morgan fingerprint density at radius 2 is 1.44 bits per heavy atom. The molecule has 4 heteroatoms. The van der Waals surface area contributed by atoms with E-state index in [0.717, 1.165) is 27.8 Å². The van der Waals surface area contributed by atoms with E-state index < -0.39 is 0 Å². The Morgan fingerprint density at radius 1 is 0.840 bits per heavy atom. The van der Waals surface area contributed by atoms with Crippen molar-refractivity contribution in [3.8, 4) is 22.3 Å². The molecule has 4 nitrogen and oxygen atoms in total. The molecule has 0 amide bonds. The molecule has 0 N–H and O–H groups in total. The maximum atomic E-state index is 11.5. The van der Waals surface area contributed by atoms with Crippen molar-refractivity contribution in [3.05, 3.63) is 89.1 Å². The molecule has 0 aliphatic carbocycles. The summed E-state index contributed by atoms with van der Waals surface area (Å²) in [6.07, 6.45) is 1.59. The Balaban J connectivity index is 2.10. The highest BCUT2D eigenvalue weighted by molar-refractivity contribution is 6.03. The predicted octanol–water partition coefficient (Wildman–Crippen LogP) is 5.42. The maximum absolute atomic E-state index is 11.5. The van der Waals surface area contributed by atoms with E-state index in [1.807, 2.05) is 78.3 Å². The molecular formula is C21H16N2O2. The van der Waals surface area contributed by atoms with Crippen LogP contribution in [-0.4, -0.2) is 9.49 Å². The largest absolute Gasteiger partial charge is 0.344 e. The van der Waals surface area contributed by atoms with E-state index in [4.69, 9.17) is 0 Å². The van der Waals surface area contributed by atoms with Crippen LogP contribution in [0, 0.1) is 10.1 Å². The van der Waals surface area contributed by atoms with Crippen molar-refractivity contribution in [1.29, 1.82) is 0 Å². The molecule has 0 spiro atoms. The summed E-state index contributed by atoms with van der Waals surface area (Å²) in [7, 11) is 1.85. The number of nitrogens with zero attached hydrogens (tertiary/aromatic N) is 2. The molecule has 122 valence electrons. The number of aryl methyl sites for hydroxylation is 1. The molecule has 0 atom stereocenters. The maximum Gasteiger partial charge on any atom is 0.294 e. The second kappa shape index (κ2) is 5.91. The zero-order valence-corrected chi connectivity index (χ0v) is 13.7. The first-order valence-corrected chi connectivity index (χ1v) is 8.03. The Labute approximate surface area is 145 Å². The van der Waals surface area contributed by atoms with Gasteiger partial charge in [0.2, 0.25) is 0 Å². The van der Waals surface area contributed by atoms with Crippen LogP contribution in [0.5, 0.6) is 0 Å². The van der Waals surface area contributed by atoms with Crippen molar-refractivity contribution >= 4 is 16.6 Å². The van der Waals surface area contributed by atoms with E-state index in [9.17, 15) is 10.1 Å². The first-order valence-electron chi connectivity index (χ1n) is 8.03. The van der Waals surface area contributed by atoms with Crippen LogP contribution in [0.25, 0.3) is 33.2 Å². The van der Waals surface area contributed by atoms with Gasteiger partial charge in [-0.3, -0.25) is 10.1 Å². The van der Waals surface area contributed by atoms with Crippen molar-refractivity contribution < 1.29 is 4.92 Å². The first kappa shape index (κ1) is 15.1. The average molecular weight is 328 g/mol. The molecule has 0 fully saturated rings. The van der Waals surface area contributed by atoms with Gasteiger partial charge in [-0.25, -0.2) is 0 Å². The van der Waals surface area contributed by atoms with Crippen molar-refractivity contribution in [3.63, 3.8) is 0 Å². The van der Waals surface area contributed by atoms with Gasteiger partial charge in [-0.05, 0) is 28.8 Å². The van der Waals surface area contributed by atoms with Gasteiger partial charge in [-0.1, -0.05) is 60.7 Å². The fourth-order valence-corrected chi connectivity index (χ4v) is 3.31. The van der Waals surface area contributed by atoms with Gasteiger partial charge in [0.15, 0.2) is 0 Å². The van der Waals surface area contributed by atoms with Gasteiger partial charge in [0.25, 0.3) is 5.69 Å². The molecule has 3 aromatic carbocycles. The summed E-state index contributed by atoms with van der Waals surface area (Å²) < 4.78 is 1.84. The number of fused-ring (bicyclic) bond motifs is 1. The van der Waals surface area contributed by atoms with E-state index in [1.54, 1.807) is 6.20 Å². The number of hydrogen-bond donors (Lipinski definition) is 0. The topological polar surface area (TPSA) is 48.1 Å². The minimum absolute atomic E-state index is 0.132. The van der Waals surface area contributed by atoms with Gasteiger partial charge in [-0.15, -0.1) is 0 Å². The van der Waals surface area contributed by atoms with Crippen LogP contribution in [0.1, 0.15) is 0 Å². The van der Waals surface area contributed by atoms with E-state index in [0.29, 0.717) is 5.39 Å². The molecule has 0 aliphatic rings. The lowest BCUT2D eigenvalue weighted by Gasteiger charge is -2.10. The molecular weight excluding hydrogens is 312 g/mol. The lowest BCUT2D eigenvalue weighted by atomic mass is 9.96. The van der Waals surface area contributed by atoms with Crippen LogP contribution >= 0.6 is 0 Å². The molecule has 0 saturated heterocycles. The summed E-state index contributed by atoms with van der Waals surface area (Å²) in [5.41, 5.74) is 5.06. The summed E-state index contributed by atoms with van der Waals surface area (Å²) in [6.45, 7) is 0. The Kier molecular flexibility index (Phi) is 3.58. The number of rotatable bonds is 3. The molecule has 4 aromatic rings. The third-order valence-corrected chi connectivity index (χ3v) is 4.44. The number of nitro groups is 1. The van der Waals surface area contributed by atoms with Crippen molar-refractivity contribution in [1.82, 2.24) is 4.57 Å². The van der Waals surface area contributed by atoms with Crippen LogP contribution in [0.4, 0.5) is 5.69 Å². The van der Waals surface area contributed by atoms with Gasteiger partial charge in [-0.2, -0.15) is 0 Å². The molecule has 0 radical (unpaired) electrons. The third-order valence-electron chi connectivity index (χ3n) is 4.44. The molecule has 1 heterocycles. The highest BCUT2D eigenvalue weighted by atomic mass is 16.6. The molecule has 0 unspecified atom stereocenters. The zero-order chi connectivity index (χ0) is 17.4. The molecule has 0 saturated carbocycles. The zero-order valence-electron chi connectivity index (χ0n) is 13.7. The van der Waals surface area contributed by atoms with Crippen molar-refractivity contribution in [2.75, 3.05) is 0 Å². The first-order chi connectivity index (χ1) is 12.1. The predicted molar refractivity (Wildman–Crippen MR) is 100 cm³/mol. The Bertz CT molecular complexity index is 1070. The molecule has 25 heavy (non-hydrogen) atoms. The normalized spacial score (nSPS) is 10.9. The van der Waals surface area contributed by atoms with Crippen LogP contribution in [-0.2, 0) is 7.05 Å². The lowest BCUT2D eigenvalue weighted by molar-refractivity contribution is -0.383. The van der Waals surface area contributed by atoms with Crippen LogP contribution in [0.15, 0.2) is 79.0 Å². The highest BCUT2D eigenvalue weighted by Crippen LogP contribution is 2.38. The summed E-state index contributed by atoms with van der Waals surface area (Å²) in [6, 6.07) is 24.0. The fourth-order valence-electron chi connectivity index (χ4n) is 3.31. The number of benzene rings is 3. The van der Waals surface area contributed by atoms with Gasteiger partial charge >= 0.3 is 0 Å². The number of aromatic nitrogens is 1. The van der Waals surface area contributed by atoms with Crippen LogP contribution in [0.2, 0.25) is 0 Å². The summed E-state index contributed by atoms with van der Waals surface area (Å²) in [5, 5.41) is 12.2. The smallest absolute Gasteiger partial charge is 0.294 e. The quantitative estimate of drug-likeness (QED) is 0.372. The molecule has 0 bridgehead atoms. The number of hydrogen-bond acceptors (Lipinski definition) is 2. The monoisotopic (exact) mass is 328 g/mol.